The van der Waals surface area contributed by atoms with E-state index in [-0.39, 0.29) is 0 Å². The highest BCUT2D eigenvalue weighted by Gasteiger charge is 2.18. The van der Waals surface area contributed by atoms with Crippen molar-refractivity contribution in [2.24, 2.45) is 11.3 Å². The third kappa shape index (κ3) is 10.5. The van der Waals surface area contributed by atoms with Crippen LogP contribution in [0.5, 0.6) is 0 Å². The van der Waals surface area contributed by atoms with Gasteiger partial charge in [0, 0.05) is 0 Å². The summed E-state index contributed by atoms with van der Waals surface area (Å²) in [7, 11) is 0. The molecule has 0 atom stereocenters. The van der Waals surface area contributed by atoms with Crippen LogP contribution in [0.2, 0.25) is 0 Å². The molecule has 0 saturated carbocycles. The van der Waals surface area contributed by atoms with Crippen molar-refractivity contribution < 1.29 is 0 Å². The molecule has 0 heterocycles. The standard InChI is InChI=1S/C16H33/c1-6-7-8-9-10-11-12-13-16(4,5)14-15(2)3/h13,15H,6-12,14H2,1-5H3. The van der Waals surface area contributed by atoms with Gasteiger partial charge in [0.2, 0.25) is 0 Å². The summed E-state index contributed by atoms with van der Waals surface area (Å²) in [6, 6.07) is 0. The van der Waals surface area contributed by atoms with Gasteiger partial charge in [-0.25, -0.2) is 0 Å². The first-order valence-corrected chi connectivity index (χ1v) is 7.32. The summed E-state index contributed by atoms with van der Waals surface area (Å²) in [6.07, 6.45) is 13.6. The van der Waals surface area contributed by atoms with Crippen LogP contribution >= 0.6 is 0 Å². The number of rotatable bonds is 10. The van der Waals surface area contributed by atoms with Gasteiger partial charge in [-0.15, -0.1) is 0 Å². The van der Waals surface area contributed by atoms with E-state index in [1.54, 1.807) is 0 Å². The minimum Gasteiger partial charge on any atom is -0.0654 e. The van der Waals surface area contributed by atoms with Crippen LogP contribution in [0, 0.1) is 17.8 Å². The lowest BCUT2D eigenvalue weighted by Crippen LogP contribution is -2.15. The maximum absolute atomic E-state index is 2.55. The Bertz CT molecular complexity index is 144. The molecule has 0 aromatic carbocycles. The zero-order valence-electron chi connectivity index (χ0n) is 12.3. The van der Waals surface area contributed by atoms with Crippen LogP contribution in [0.25, 0.3) is 0 Å². The molecule has 0 unspecified atom stereocenters. The minimum atomic E-state index is 0.442. The monoisotopic (exact) mass is 225 g/mol. The van der Waals surface area contributed by atoms with Gasteiger partial charge in [-0.3, -0.25) is 0 Å². The van der Waals surface area contributed by atoms with E-state index in [1.165, 1.54) is 51.4 Å². The van der Waals surface area contributed by atoms with Gasteiger partial charge < -0.3 is 0 Å². The highest BCUT2D eigenvalue weighted by atomic mass is 14.2. The Morgan fingerprint density at radius 1 is 0.938 bits per heavy atom. The highest BCUT2D eigenvalue weighted by molar-refractivity contribution is 4.85. The third-order valence-electron chi connectivity index (χ3n) is 3.19. The van der Waals surface area contributed by atoms with Crippen LogP contribution in [-0.4, -0.2) is 0 Å². The Kier molecular flexibility index (Phi) is 9.07. The summed E-state index contributed by atoms with van der Waals surface area (Å²) in [5.74, 6) is 0.816. The van der Waals surface area contributed by atoms with E-state index in [0.29, 0.717) is 5.41 Å². The minimum absolute atomic E-state index is 0.442. The Balaban J connectivity index is 3.36. The second kappa shape index (κ2) is 9.07. The van der Waals surface area contributed by atoms with E-state index in [4.69, 9.17) is 0 Å². The SMILES string of the molecule is CCCCCCCC[CH]C(C)(C)CC(C)C. The van der Waals surface area contributed by atoms with Crippen molar-refractivity contribution in [3.8, 4) is 0 Å². The molecule has 0 N–H and O–H groups in total. The largest absolute Gasteiger partial charge is 0.0654 e. The van der Waals surface area contributed by atoms with Crippen molar-refractivity contribution in [2.75, 3.05) is 0 Å². The van der Waals surface area contributed by atoms with Crippen LogP contribution in [0.3, 0.4) is 0 Å². The zero-order valence-corrected chi connectivity index (χ0v) is 12.3. The molecule has 0 aliphatic rings. The van der Waals surface area contributed by atoms with Gasteiger partial charge in [0.1, 0.15) is 0 Å². The van der Waals surface area contributed by atoms with Crippen molar-refractivity contribution >= 4 is 0 Å². The Morgan fingerprint density at radius 2 is 1.50 bits per heavy atom. The van der Waals surface area contributed by atoms with Crippen LogP contribution in [0.15, 0.2) is 0 Å². The molecule has 0 aliphatic carbocycles. The van der Waals surface area contributed by atoms with Gasteiger partial charge in [0.05, 0.1) is 0 Å². The van der Waals surface area contributed by atoms with Crippen LogP contribution in [-0.2, 0) is 0 Å². The third-order valence-corrected chi connectivity index (χ3v) is 3.19. The van der Waals surface area contributed by atoms with Crippen molar-refractivity contribution in [2.45, 2.75) is 86.0 Å². The first kappa shape index (κ1) is 16.0. The molecule has 0 aromatic heterocycles. The fourth-order valence-corrected chi connectivity index (χ4v) is 2.55. The molecule has 0 nitrogen and oxygen atoms in total. The second-order valence-electron chi connectivity index (χ2n) is 6.35. The van der Waals surface area contributed by atoms with E-state index < -0.39 is 0 Å². The molecule has 0 saturated heterocycles. The van der Waals surface area contributed by atoms with Crippen LogP contribution in [0.4, 0.5) is 0 Å². The average Bonchev–Trinajstić information content (AvgIpc) is 2.14. The zero-order chi connectivity index (χ0) is 12.4. The summed E-state index contributed by atoms with van der Waals surface area (Å²) in [4.78, 5) is 0. The highest BCUT2D eigenvalue weighted by Crippen LogP contribution is 2.30. The Morgan fingerprint density at radius 3 is 2.06 bits per heavy atom. The van der Waals surface area contributed by atoms with Gasteiger partial charge in [-0.05, 0) is 30.6 Å². The Labute approximate surface area is 104 Å². The second-order valence-corrected chi connectivity index (χ2v) is 6.35. The molecule has 1 radical (unpaired) electrons. The molecular weight excluding hydrogens is 192 g/mol. The predicted molar refractivity (Wildman–Crippen MR) is 75.5 cm³/mol. The van der Waals surface area contributed by atoms with Crippen molar-refractivity contribution in [1.82, 2.24) is 0 Å². The molecule has 0 amide bonds. The smallest absolute Gasteiger partial charge is 0.0321 e. The summed E-state index contributed by atoms with van der Waals surface area (Å²) < 4.78 is 0. The Hall–Kier alpha value is 0. The number of unbranched alkanes of at least 4 members (excludes halogenated alkanes) is 6. The first-order valence-electron chi connectivity index (χ1n) is 7.32. The predicted octanol–water partition coefficient (Wildman–Crippen LogP) is 6.01. The van der Waals surface area contributed by atoms with E-state index in [2.05, 4.69) is 41.0 Å². The number of hydrogen-bond acceptors (Lipinski definition) is 0. The summed E-state index contributed by atoms with van der Waals surface area (Å²) in [5.41, 5.74) is 0.442. The molecule has 0 spiro atoms. The molecule has 0 bridgehead atoms. The molecule has 0 heteroatoms. The van der Waals surface area contributed by atoms with Gasteiger partial charge in [0.25, 0.3) is 0 Å². The fraction of sp³-hybridized carbons (Fsp3) is 0.938. The lowest BCUT2D eigenvalue weighted by molar-refractivity contribution is 0.326. The molecule has 0 aliphatic heterocycles. The summed E-state index contributed by atoms with van der Waals surface area (Å²) >= 11 is 0. The van der Waals surface area contributed by atoms with Crippen molar-refractivity contribution in [1.29, 1.82) is 0 Å². The molecule has 0 rings (SSSR count). The van der Waals surface area contributed by atoms with Gasteiger partial charge in [0.15, 0.2) is 0 Å². The van der Waals surface area contributed by atoms with E-state index >= 15 is 0 Å². The molecule has 16 heavy (non-hydrogen) atoms. The fourth-order valence-electron chi connectivity index (χ4n) is 2.55. The van der Waals surface area contributed by atoms with E-state index in [0.717, 1.165) is 5.92 Å². The maximum Gasteiger partial charge on any atom is -0.0321 e. The average molecular weight is 225 g/mol. The van der Waals surface area contributed by atoms with Crippen LogP contribution < -0.4 is 0 Å². The molecular formula is C16H33. The lowest BCUT2D eigenvalue weighted by atomic mass is 9.79. The van der Waals surface area contributed by atoms with Gasteiger partial charge >= 0.3 is 0 Å². The van der Waals surface area contributed by atoms with Crippen LogP contribution in [0.1, 0.15) is 86.0 Å². The maximum atomic E-state index is 2.55. The molecule has 0 fully saturated rings. The van der Waals surface area contributed by atoms with Crippen molar-refractivity contribution in [3.05, 3.63) is 6.42 Å². The topological polar surface area (TPSA) is 0 Å². The van der Waals surface area contributed by atoms with Gasteiger partial charge in [-0.2, -0.15) is 0 Å². The van der Waals surface area contributed by atoms with E-state index in [1.807, 2.05) is 0 Å². The summed E-state index contributed by atoms with van der Waals surface area (Å²) in [6.45, 7) is 11.7. The number of hydrogen-bond donors (Lipinski definition) is 0. The summed E-state index contributed by atoms with van der Waals surface area (Å²) in [5, 5.41) is 0. The molecule has 0 aromatic rings. The lowest BCUT2D eigenvalue weighted by Gasteiger charge is -2.26. The van der Waals surface area contributed by atoms with Gasteiger partial charge in [-0.1, -0.05) is 73.1 Å². The quantitative estimate of drug-likeness (QED) is 0.399. The first-order chi connectivity index (χ1) is 7.48. The van der Waals surface area contributed by atoms with E-state index in [9.17, 15) is 0 Å². The molecule has 97 valence electrons. The normalized spacial score (nSPS) is 12.4. The van der Waals surface area contributed by atoms with Crippen molar-refractivity contribution in [3.63, 3.8) is 0 Å².